The minimum absolute atomic E-state index is 0.434. The maximum Gasteiger partial charge on any atom is 0.323 e. The molecule has 3 amide bonds. The summed E-state index contributed by atoms with van der Waals surface area (Å²) in [4.78, 5) is 21.9. The highest BCUT2D eigenvalue weighted by molar-refractivity contribution is 6.03. The molecule has 0 spiro atoms. The van der Waals surface area contributed by atoms with Gasteiger partial charge in [0.25, 0.3) is 5.91 Å². The van der Waals surface area contributed by atoms with Crippen LogP contribution in [-0.4, -0.2) is 23.8 Å². The van der Waals surface area contributed by atoms with Gasteiger partial charge < -0.3 is 10.4 Å². The molecule has 0 atom stereocenters. The Kier molecular flexibility index (Phi) is 5.54. The van der Waals surface area contributed by atoms with Gasteiger partial charge in [0.05, 0.1) is 0 Å². The van der Waals surface area contributed by atoms with Crippen LogP contribution in [0.1, 0.15) is 20.3 Å². The monoisotopic (exact) mass is 186 g/mol. The Hall–Kier alpha value is -1.36. The van der Waals surface area contributed by atoms with E-state index in [1.165, 1.54) is 0 Å². The van der Waals surface area contributed by atoms with Gasteiger partial charge in [-0.3, -0.25) is 10.1 Å². The van der Waals surface area contributed by atoms with Gasteiger partial charge in [0.2, 0.25) is 0 Å². The van der Waals surface area contributed by atoms with Crippen LogP contribution in [0.2, 0.25) is 0 Å². The Bertz CT molecular complexity index is 223. The van der Waals surface area contributed by atoms with E-state index < -0.39 is 18.7 Å². The summed E-state index contributed by atoms with van der Waals surface area (Å²) in [7, 11) is 0. The van der Waals surface area contributed by atoms with Crippen LogP contribution in [0.25, 0.3) is 0 Å². The number of nitrogens with one attached hydrogen (secondary N) is 2. The first-order valence-electron chi connectivity index (χ1n) is 4.00. The molecule has 0 bridgehead atoms. The van der Waals surface area contributed by atoms with Crippen molar-refractivity contribution in [1.82, 2.24) is 10.6 Å². The molecule has 0 aliphatic heterocycles. The van der Waals surface area contributed by atoms with E-state index >= 15 is 0 Å². The molecule has 5 nitrogen and oxygen atoms in total. The van der Waals surface area contributed by atoms with Crippen LogP contribution in [0.4, 0.5) is 4.79 Å². The number of carbonyl (C=O) groups excluding carboxylic acids is 2. The zero-order chi connectivity index (χ0) is 10.3. The fourth-order valence-electron chi connectivity index (χ4n) is 0.795. The number of amides is 3. The van der Waals surface area contributed by atoms with Crippen LogP contribution in [-0.2, 0) is 4.79 Å². The number of imide groups is 1. The molecule has 0 saturated carbocycles. The summed E-state index contributed by atoms with van der Waals surface area (Å²) in [6.45, 7) is 3.05. The van der Waals surface area contributed by atoms with Crippen LogP contribution < -0.4 is 10.6 Å². The fraction of sp³-hybridized carbons (Fsp3) is 0.500. The maximum absolute atomic E-state index is 11.2. The molecule has 74 valence electrons. The first-order chi connectivity index (χ1) is 6.15. The Morgan fingerprint density at radius 3 is 2.46 bits per heavy atom. The van der Waals surface area contributed by atoms with Crippen LogP contribution in [0.5, 0.6) is 0 Å². The summed E-state index contributed by atoms with van der Waals surface area (Å²) >= 11 is 0. The van der Waals surface area contributed by atoms with E-state index in [4.69, 9.17) is 5.11 Å². The summed E-state index contributed by atoms with van der Waals surface area (Å²) in [6.07, 6.45) is 2.20. The van der Waals surface area contributed by atoms with Crippen molar-refractivity contribution in [2.75, 3.05) is 6.73 Å². The molecule has 0 aromatic heterocycles. The third-order valence-electron chi connectivity index (χ3n) is 1.49. The van der Waals surface area contributed by atoms with Crippen molar-refractivity contribution >= 4 is 11.9 Å². The van der Waals surface area contributed by atoms with E-state index in [1.54, 1.807) is 13.0 Å². The van der Waals surface area contributed by atoms with Gasteiger partial charge in [-0.15, -0.1) is 0 Å². The van der Waals surface area contributed by atoms with E-state index in [1.807, 2.05) is 12.2 Å². The number of hydrogen-bond acceptors (Lipinski definition) is 3. The molecule has 0 fully saturated rings. The van der Waals surface area contributed by atoms with Crippen LogP contribution in [0.15, 0.2) is 11.6 Å². The Morgan fingerprint density at radius 2 is 2.08 bits per heavy atom. The first-order valence-corrected chi connectivity index (χ1v) is 4.00. The van der Waals surface area contributed by atoms with Crippen molar-refractivity contribution in [1.29, 1.82) is 0 Å². The molecule has 0 saturated heterocycles. The summed E-state index contributed by atoms with van der Waals surface area (Å²) < 4.78 is 0. The Balaban J connectivity index is 4.07. The number of aliphatic hydroxyl groups excluding tert-OH is 1. The Morgan fingerprint density at radius 1 is 1.46 bits per heavy atom. The number of aliphatic hydroxyl groups is 1. The maximum atomic E-state index is 11.2. The summed E-state index contributed by atoms with van der Waals surface area (Å²) in [5, 5.41) is 12.4. The lowest BCUT2D eigenvalue weighted by atomic mass is 10.2. The zero-order valence-electron chi connectivity index (χ0n) is 7.76. The Labute approximate surface area is 76.8 Å². The van der Waals surface area contributed by atoms with Crippen molar-refractivity contribution < 1.29 is 14.7 Å². The van der Waals surface area contributed by atoms with Gasteiger partial charge in [-0.05, 0) is 13.3 Å². The molecule has 0 rings (SSSR count). The van der Waals surface area contributed by atoms with Crippen LogP contribution in [0.3, 0.4) is 0 Å². The predicted octanol–water partition coefficient (Wildman–Crippen LogP) is 0.118. The van der Waals surface area contributed by atoms with Crippen molar-refractivity contribution in [3.8, 4) is 0 Å². The lowest BCUT2D eigenvalue weighted by molar-refractivity contribution is -0.116. The van der Waals surface area contributed by atoms with E-state index in [0.29, 0.717) is 12.0 Å². The molecule has 0 unspecified atom stereocenters. The molecule has 0 radical (unpaired) electrons. The second-order valence-electron chi connectivity index (χ2n) is 2.29. The molecule has 0 aliphatic rings. The van der Waals surface area contributed by atoms with Crippen LogP contribution >= 0.6 is 0 Å². The van der Waals surface area contributed by atoms with Gasteiger partial charge in [0, 0.05) is 5.57 Å². The smallest absolute Gasteiger partial charge is 0.323 e. The fourth-order valence-corrected chi connectivity index (χ4v) is 0.795. The molecule has 0 aromatic carbocycles. The highest BCUT2D eigenvalue weighted by Crippen LogP contribution is 1.98. The topological polar surface area (TPSA) is 78.4 Å². The molecular weight excluding hydrogens is 172 g/mol. The number of allylic oxidation sites excluding steroid dienone is 1. The number of rotatable bonds is 3. The minimum Gasteiger partial charge on any atom is -0.376 e. The second kappa shape index (κ2) is 6.19. The lowest BCUT2D eigenvalue weighted by Gasteiger charge is -2.05. The van der Waals surface area contributed by atoms with Crippen molar-refractivity contribution in [3.05, 3.63) is 11.6 Å². The summed E-state index contributed by atoms with van der Waals surface area (Å²) in [5.74, 6) is -0.434. The van der Waals surface area contributed by atoms with E-state index in [9.17, 15) is 9.59 Å². The summed E-state index contributed by atoms with van der Waals surface area (Å²) in [6, 6.07) is -0.694. The van der Waals surface area contributed by atoms with Crippen molar-refractivity contribution in [2.45, 2.75) is 20.3 Å². The minimum atomic E-state index is -0.694. The van der Waals surface area contributed by atoms with Gasteiger partial charge in [-0.1, -0.05) is 13.0 Å². The van der Waals surface area contributed by atoms with Crippen molar-refractivity contribution in [3.63, 3.8) is 0 Å². The number of carbonyl (C=O) groups is 2. The van der Waals surface area contributed by atoms with E-state index in [-0.39, 0.29) is 0 Å². The van der Waals surface area contributed by atoms with Gasteiger partial charge >= 0.3 is 6.03 Å². The molecular formula is C8H14N2O3. The number of hydrogen-bond donors (Lipinski definition) is 3. The average Bonchev–Trinajstić information content (AvgIpc) is 2.06. The normalized spacial score (nSPS) is 10.8. The third kappa shape index (κ3) is 4.27. The predicted molar refractivity (Wildman–Crippen MR) is 47.8 cm³/mol. The SMILES string of the molecule is C/C=C(/CC)C(=O)NC(=O)NCO. The van der Waals surface area contributed by atoms with E-state index in [2.05, 4.69) is 5.32 Å². The average molecular weight is 186 g/mol. The quantitative estimate of drug-likeness (QED) is 0.432. The largest absolute Gasteiger partial charge is 0.376 e. The molecule has 3 N–H and O–H groups in total. The third-order valence-corrected chi connectivity index (χ3v) is 1.49. The molecule has 13 heavy (non-hydrogen) atoms. The van der Waals surface area contributed by atoms with Gasteiger partial charge in [0.15, 0.2) is 0 Å². The van der Waals surface area contributed by atoms with E-state index in [0.717, 1.165) is 0 Å². The number of urea groups is 1. The van der Waals surface area contributed by atoms with Gasteiger partial charge in [0.1, 0.15) is 6.73 Å². The lowest BCUT2D eigenvalue weighted by Crippen LogP contribution is -2.40. The molecule has 0 aliphatic carbocycles. The first kappa shape index (κ1) is 11.6. The van der Waals surface area contributed by atoms with Crippen LogP contribution in [0, 0.1) is 0 Å². The molecule has 0 aromatic rings. The van der Waals surface area contributed by atoms with Crippen molar-refractivity contribution in [2.24, 2.45) is 0 Å². The van der Waals surface area contributed by atoms with Gasteiger partial charge in [-0.2, -0.15) is 0 Å². The highest BCUT2D eigenvalue weighted by atomic mass is 16.3. The molecule has 0 heterocycles. The van der Waals surface area contributed by atoms with Gasteiger partial charge in [-0.25, -0.2) is 4.79 Å². The highest BCUT2D eigenvalue weighted by Gasteiger charge is 2.09. The summed E-state index contributed by atoms with van der Waals surface area (Å²) in [5.41, 5.74) is 0.535. The second-order valence-corrected chi connectivity index (χ2v) is 2.29. The zero-order valence-corrected chi connectivity index (χ0v) is 7.76. The molecule has 5 heteroatoms. The standard InChI is InChI=1S/C8H14N2O3/c1-3-6(4-2)7(12)10-8(13)9-5-11/h3,11H,4-5H2,1-2H3,(H2,9,10,12,13)/b6-3-.